The molecule has 18 heavy (non-hydrogen) atoms. The number of amides is 3. The molecule has 4 N–H and O–H groups in total. The normalized spacial score (nSPS) is 9.56. The molecule has 1 heterocycles. The SMILES string of the molecule is NC(=O)NCC(=O)NCCCOc1cccnc1. The molecule has 0 bridgehead atoms. The number of hydrogen-bond donors (Lipinski definition) is 3. The molecule has 0 aliphatic heterocycles. The van der Waals surface area contributed by atoms with Crippen LogP contribution in [0, 0.1) is 0 Å². The number of carbonyl (C=O) groups is 2. The van der Waals surface area contributed by atoms with Crippen molar-refractivity contribution < 1.29 is 14.3 Å². The summed E-state index contributed by atoms with van der Waals surface area (Å²) in [5.74, 6) is 0.411. The van der Waals surface area contributed by atoms with E-state index in [4.69, 9.17) is 10.5 Å². The lowest BCUT2D eigenvalue weighted by molar-refractivity contribution is -0.120. The summed E-state index contributed by atoms with van der Waals surface area (Å²) in [5, 5.41) is 4.82. The van der Waals surface area contributed by atoms with E-state index in [1.807, 2.05) is 6.07 Å². The van der Waals surface area contributed by atoms with Gasteiger partial charge < -0.3 is 21.1 Å². The monoisotopic (exact) mass is 252 g/mol. The van der Waals surface area contributed by atoms with Crippen molar-refractivity contribution in [2.75, 3.05) is 19.7 Å². The standard InChI is InChI=1S/C11H16N4O3/c12-11(17)15-8-10(16)14-5-2-6-18-9-3-1-4-13-7-9/h1,3-4,7H,2,5-6,8H2,(H,14,16)(H3,12,15,17). The second-order valence-electron chi connectivity index (χ2n) is 3.46. The first-order valence-corrected chi connectivity index (χ1v) is 5.51. The van der Waals surface area contributed by atoms with Crippen molar-refractivity contribution in [3.05, 3.63) is 24.5 Å². The Morgan fingerprint density at radius 1 is 1.39 bits per heavy atom. The Labute approximate surface area is 105 Å². The van der Waals surface area contributed by atoms with Crippen LogP contribution in [0.1, 0.15) is 6.42 Å². The van der Waals surface area contributed by atoms with Crippen molar-refractivity contribution in [1.82, 2.24) is 15.6 Å². The van der Waals surface area contributed by atoms with Gasteiger partial charge in [-0.1, -0.05) is 0 Å². The molecule has 7 nitrogen and oxygen atoms in total. The second-order valence-corrected chi connectivity index (χ2v) is 3.46. The molecule has 0 aliphatic carbocycles. The van der Waals surface area contributed by atoms with Gasteiger partial charge in [0.1, 0.15) is 5.75 Å². The van der Waals surface area contributed by atoms with Gasteiger partial charge in [-0.15, -0.1) is 0 Å². The zero-order chi connectivity index (χ0) is 13.2. The van der Waals surface area contributed by atoms with Crippen molar-refractivity contribution in [3.63, 3.8) is 0 Å². The molecule has 1 rings (SSSR count). The quantitative estimate of drug-likeness (QED) is 0.576. The van der Waals surface area contributed by atoms with E-state index >= 15 is 0 Å². The minimum absolute atomic E-state index is 0.112. The van der Waals surface area contributed by atoms with Gasteiger partial charge in [0, 0.05) is 12.7 Å². The van der Waals surface area contributed by atoms with Crippen LogP contribution in [-0.2, 0) is 4.79 Å². The van der Waals surface area contributed by atoms with Gasteiger partial charge >= 0.3 is 6.03 Å². The van der Waals surface area contributed by atoms with E-state index in [1.54, 1.807) is 18.5 Å². The zero-order valence-electron chi connectivity index (χ0n) is 9.89. The number of carbonyl (C=O) groups excluding carboxylic acids is 2. The van der Waals surface area contributed by atoms with Gasteiger partial charge in [0.15, 0.2) is 0 Å². The van der Waals surface area contributed by atoms with Gasteiger partial charge in [0.2, 0.25) is 5.91 Å². The van der Waals surface area contributed by atoms with Crippen molar-refractivity contribution >= 4 is 11.9 Å². The van der Waals surface area contributed by atoms with E-state index in [2.05, 4.69) is 15.6 Å². The number of aromatic nitrogens is 1. The number of pyridine rings is 1. The zero-order valence-corrected chi connectivity index (χ0v) is 9.89. The number of ether oxygens (including phenoxy) is 1. The van der Waals surface area contributed by atoms with Crippen LogP contribution in [0.3, 0.4) is 0 Å². The topological polar surface area (TPSA) is 106 Å². The number of urea groups is 1. The molecule has 0 unspecified atom stereocenters. The Kier molecular flexibility index (Phi) is 6.02. The molecule has 98 valence electrons. The van der Waals surface area contributed by atoms with E-state index in [-0.39, 0.29) is 12.5 Å². The highest BCUT2D eigenvalue weighted by Gasteiger charge is 2.01. The average molecular weight is 252 g/mol. The molecule has 0 spiro atoms. The number of hydrogen-bond acceptors (Lipinski definition) is 4. The van der Waals surface area contributed by atoms with Gasteiger partial charge in [-0.3, -0.25) is 9.78 Å². The third kappa shape index (κ3) is 6.31. The molecule has 0 saturated carbocycles. The van der Waals surface area contributed by atoms with Crippen LogP contribution in [0.2, 0.25) is 0 Å². The van der Waals surface area contributed by atoms with E-state index in [1.165, 1.54) is 0 Å². The Morgan fingerprint density at radius 2 is 2.22 bits per heavy atom. The molecule has 0 aromatic carbocycles. The summed E-state index contributed by atoms with van der Waals surface area (Å²) in [6, 6.07) is 2.87. The van der Waals surface area contributed by atoms with Gasteiger partial charge in [0.25, 0.3) is 0 Å². The molecule has 0 radical (unpaired) electrons. The van der Waals surface area contributed by atoms with E-state index < -0.39 is 6.03 Å². The number of nitrogens with two attached hydrogens (primary N) is 1. The summed E-state index contributed by atoms with van der Waals surface area (Å²) in [5.41, 5.74) is 4.83. The lowest BCUT2D eigenvalue weighted by Gasteiger charge is -2.07. The Balaban J connectivity index is 2.02. The molecule has 1 aromatic rings. The van der Waals surface area contributed by atoms with E-state index in [9.17, 15) is 9.59 Å². The van der Waals surface area contributed by atoms with Gasteiger partial charge in [-0.2, -0.15) is 0 Å². The molecular weight excluding hydrogens is 236 g/mol. The predicted octanol–water partition coefficient (Wildman–Crippen LogP) is -0.365. The summed E-state index contributed by atoms with van der Waals surface area (Å²) < 4.78 is 5.38. The molecule has 7 heteroatoms. The summed E-state index contributed by atoms with van der Waals surface area (Å²) in [6.45, 7) is 0.841. The maximum absolute atomic E-state index is 11.1. The van der Waals surface area contributed by atoms with E-state index in [0.717, 1.165) is 0 Å². The first kappa shape index (κ1) is 13.8. The van der Waals surface area contributed by atoms with Crippen LogP contribution >= 0.6 is 0 Å². The summed E-state index contributed by atoms with van der Waals surface area (Å²) in [4.78, 5) is 25.4. The van der Waals surface area contributed by atoms with Crippen LogP contribution in [0.25, 0.3) is 0 Å². The fraction of sp³-hybridized carbons (Fsp3) is 0.364. The summed E-state index contributed by atoms with van der Waals surface area (Å²) in [7, 11) is 0. The van der Waals surface area contributed by atoms with Crippen LogP contribution in [0.5, 0.6) is 5.75 Å². The third-order valence-corrected chi connectivity index (χ3v) is 1.97. The first-order valence-electron chi connectivity index (χ1n) is 5.51. The predicted molar refractivity (Wildman–Crippen MR) is 64.9 cm³/mol. The smallest absolute Gasteiger partial charge is 0.312 e. The van der Waals surface area contributed by atoms with Gasteiger partial charge in [0.05, 0.1) is 19.3 Å². The molecule has 0 atom stereocenters. The molecule has 0 fully saturated rings. The Morgan fingerprint density at radius 3 is 2.89 bits per heavy atom. The number of nitrogens with one attached hydrogen (secondary N) is 2. The fourth-order valence-corrected chi connectivity index (χ4v) is 1.15. The minimum atomic E-state index is -0.718. The number of nitrogens with zero attached hydrogens (tertiary/aromatic N) is 1. The summed E-state index contributed by atoms with van der Waals surface area (Å²) in [6.07, 6.45) is 3.95. The van der Waals surface area contributed by atoms with Gasteiger partial charge in [-0.05, 0) is 18.6 Å². The third-order valence-electron chi connectivity index (χ3n) is 1.97. The van der Waals surface area contributed by atoms with Crippen molar-refractivity contribution in [2.45, 2.75) is 6.42 Å². The van der Waals surface area contributed by atoms with Crippen LogP contribution < -0.4 is 21.1 Å². The molecule has 0 aliphatic rings. The van der Waals surface area contributed by atoms with Crippen molar-refractivity contribution in [2.24, 2.45) is 5.73 Å². The number of rotatable bonds is 7. The number of primary amides is 1. The lowest BCUT2D eigenvalue weighted by Crippen LogP contribution is -2.39. The second kappa shape index (κ2) is 7.88. The highest BCUT2D eigenvalue weighted by atomic mass is 16.5. The molecule has 0 saturated heterocycles. The lowest BCUT2D eigenvalue weighted by atomic mass is 10.4. The first-order chi connectivity index (χ1) is 8.68. The highest BCUT2D eigenvalue weighted by molar-refractivity contribution is 5.83. The highest BCUT2D eigenvalue weighted by Crippen LogP contribution is 2.05. The Bertz CT molecular complexity index is 383. The minimum Gasteiger partial charge on any atom is -0.492 e. The maximum Gasteiger partial charge on any atom is 0.312 e. The molecule has 1 aromatic heterocycles. The van der Waals surface area contributed by atoms with Gasteiger partial charge in [-0.25, -0.2) is 4.79 Å². The Hall–Kier alpha value is -2.31. The average Bonchev–Trinajstić information content (AvgIpc) is 2.37. The summed E-state index contributed by atoms with van der Waals surface area (Å²) >= 11 is 0. The molecular formula is C11H16N4O3. The van der Waals surface area contributed by atoms with Crippen LogP contribution in [-0.4, -0.2) is 36.6 Å². The fourth-order valence-electron chi connectivity index (χ4n) is 1.15. The molecule has 3 amide bonds. The van der Waals surface area contributed by atoms with Crippen LogP contribution in [0.15, 0.2) is 24.5 Å². The van der Waals surface area contributed by atoms with E-state index in [0.29, 0.717) is 25.3 Å². The maximum atomic E-state index is 11.1. The largest absolute Gasteiger partial charge is 0.492 e. The van der Waals surface area contributed by atoms with Crippen molar-refractivity contribution in [3.8, 4) is 5.75 Å². The van der Waals surface area contributed by atoms with Crippen LogP contribution in [0.4, 0.5) is 4.79 Å². The van der Waals surface area contributed by atoms with Crippen molar-refractivity contribution in [1.29, 1.82) is 0 Å².